The fraction of sp³-hybridized carbons (Fsp3) is 0.220. The lowest BCUT2D eigenvalue weighted by molar-refractivity contribution is 0.0720. The van der Waals surface area contributed by atoms with Gasteiger partial charge < -0.3 is 28.7 Å². The van der Waals surface area contributed by atoms with Crippen molar-refractivity contribution in [2.24, 2.45) is 0 Å². The first-order valence-electron chi connectivity index (χ1n) is 16.7. The maximum Gasteiger partial charge on any atom is 0.254 e. The van der Waals surface area contributed by atoms with Crippen LogP contribution in [0.25, 0.3) is 44.3 Å². The lowest BCUT2D eigenvalue weighted by Crippen LogP contribution is -2.37. The SMILES string of the molecule is COc1ccc(-c2cc(C(=O)N3CCCN(C(=O)c4cc(-c5ccc(OC)cc5OC)nc5ccccc45)CC3)c3ccccc3n2)c(OC)c1. The molecule has 2 aromatic heterocycles. The highest BCUT2D eigenvalue weighted by Gasteiger charge is 2.27. The molecule has 4 aromatic carbocycles. The number of carbonyl (C=O) groups excluding carboxylic acids is 2. The molecular weight excluding hydrogens is 644 g/mol. The number of pyridine rings is 2. The quantitative estimate of drug-likeness (QED) is 0.167. The summed E-state index contributed by atoms with van der Waals surface area (Å²) in [5.74, 6) is 2.29. The van der Waals surface area contributed by atoms with Crippen molar-refractivity contribution in [3.8, 4) is 45.5 Å². The highest BCUT2D eigenvalue weighted by Crippen LogP contribution is 2.36. The highest BCUT2D eigenvalue weighted by molar-refractivity contribution is 6.08. The minimum Gasteiger partial charge on any atom is -0.497 e. The summed E-state index contributed by atoms with van der Waals surface area (Å²) >= 11 is 0. The minimum absolute atomic E-state index is 0.111. The molecule has 0 N–H and O–H groups in total. The Hall–Kier alpha value is -6.16. The molecule has 6 aromatic rings. The fourth-order valence-electron chi connectivity index (χ4n) is 6.67. The van der Waals surface area contributed by atoms with Crippen LogP contribution in [0.2, 0.25) is 0 Å². The molecular formula is C41H38N4O6. The van der Waals surface area contributed by atoms with Crippen molar-refractivity contribution >= 4 is 33.6 Å². The normalized spacial score (nSPS) is 13.2. The van der Waals surface area contributed by atoms with Gasteiger partial charge in [-0.1, -0.05) is 36.4 Å². The van der Waals surface area contributed by atoms with Crippen LogP contribution >= 0.6 is 0 Å². The summed E-state index contributed by atoms with van der Waals surface area (Å²) in [4.78, 5) is 42.2. The summed E-state index contributed by atoms with van der Waals surface area (Å²) in [7, 11) is 6.40. The van der Waals surface area contributed by atoms with Gasteiger partial charge in [0.2, 0.25) is 0 Å². The van der Waals surface area contributed by atoms with Crippen LogP contribution in [0, 0.1) is 0 Å². The Kier molecular flexibility index (Phi) is 9.39. The van der Waals surface area contributed by atoms with Gasteiger partial charge in [-0.3, -0.25) is 9.59 Å². The molecule has 51 heavy (non-hydrogen) atoms. The first-order valence-corrected chi connectivity index (χ1v) is 16.7. The Labute approximate surface area is 296 Å². The van der Waals surface area contributed by atoms with E-state index in [9.17, 15) is 9.59 Å². The summed E-state index contributed by atoms with van der Waals surface area (Å²) in [6, 6.07) is 30.0. The second-order valence-electron chi connectivity index (χ2n) is 12.2. The molecule has 258 valence electrons. The Balaban J connectivity index is 1.19. The van der Waals surface area contributed by atoms with E-state index in [2.05, 4.69) is 0 Å². The molecule has 7 rings (SSSR count). The lowest BCUT2D eigenvalue weighted by atomic mass is 10.0. The first-order chi connectivity index (χ1) is 24.9. The van der Waals surface area contributed by atoms with Crippen LogP contribution in [-0.2, 0) is 0 Å². The van der Waals surface area contributed by atoms with Gasteiger partial charge in [-0.2, -0.15) is 0 Å². The molecule has 0 bridgehead atoms. The predicted molar refractivity (Wildman–Crippen MR) is 197 cm³/mol. The summed E-state index contributed by atoms with van der Waals surface area (Å²) in [5, 5.41) is 1.53. The van der Waals surface area contributed by atoms with Gasteiger partial charge in [0.05, 0.1) is 62.0 Å². The third kappa shape index (κ3) is 6.48. The largest absolute Gasteiger partial charge is 0.497 e. The second-order valence-corrected chi connectivity index (χ2v) is 12.2. The number of para-hydroxylation sites is 2. The lowest BCUT2D eigenvalue weighted by Gasteiger charge is -2.24. The van der Waals surface area contributed by atoms with E-state index in [1.54, 1.807) is 40.6 Å². The molecule has 1 fully saturated rings. The Bertz CT molecular complexity index is 2110. The van der Waals surface area contributed by atoms with E-state index >= 15 is 0 Å². The average Bonchev–Trinajstić information content (AvgIpc) is 3.45. The van der Waals surface area contributed by atoms with Crippen LogP contribution in [0.4, 0.5) is 0 Å². The standard InChI is InChI=1S/C41H38N4O6/c1-48-26-14-16-30(38(22-26)50-3)36-24-32(28-10-5-7-12-34(28)42-36)40(46)44-18-9-19-45(21-20-44)41(47)33-25-37(43-35-13-8-6-11-29(33)35)31-17-15-27(49-2)23-39(31)51-4/h5-8,10-17,22-25H,9,18-21H2,1-4H3. The van der Waals surface area contributed by atoms with Crippen LogP contribution in [0.15, 0.2) is 97.1 Å². The van der Waals surface area contributed by atoms with Crippen LogP contribution in [0.3, 0.4) is 0 Å². The van der Waals surface area contributed by atoms with Gasteiger partial charge in [0.25, 0.3) is 11.8 Å². The molecule has 3 heterocycles. The van der Waals surface area contributed by atoms with E-state index in [4.69, 9.17) is 28.9 Å². The van der Waals surface area contributed by atoms with Crippen LogP contribution in [-0.4, -0.2) is 86.2 Å². The maximum atomic E-state index is 14.3. The van der Waals surface area contributed by atoms with Crippen LogP contribution < -0.4 is 18.9 Å². The zero-order chi connectivity index (χ0) is 35.5. The van der Waals surface area contributed by atoms with Gasteiger partial charge in [0.15, 0.2) is 0 Å². The van der Waals surface area contributed by atoms with E-state index in [1.807, 2.05) is 94.7 Å². The summed E-state index contributed by atoms with van der Waals surface area (Å²) < 4.78 is 22.1. The zero-order valence-electron chi connectivity index (χ0n) is 29.0. The number of amides is 2. The van der Waals surface area contributed by atoms with Crippen molar-refractivity contribution in [1.82, 2.24) is 19.8 Å². The molecule has 0 unspecified atom stereocenters. The molecule has 0 saturated carbocycles. The zero-order valence-corrected chi connectivity index (χ0v) is 29.0. The van der Waals surface area contributed by atoms with E-state index in [1.165, 1.54) is 0 Å². The molecule has 0 aliphatic carbocycles. The number of nitrogens with zero attached hydrogens (tertiary/aromatic N) is 4. The van der Waals surface area contributed by atoms with Crippen LogP contribution in [0.5, 0.6) is 23.0 Å². The topological polar surface area (TPSA) is 103 Å². The van der Waals surface area contributed by atoms with Gasteiger partial charge in [0, 0.05) is 60.2 Å². The van der Waals surface area contributed by atoms with Crippen molar-refractivity contribution in [3.05, 3.63) is 108 Å². The molecule has 1 saturated heterocycles. The van der Waals surface area contributed by atoms with Gasteiger partial charge in [-0.15, -0.1) is 0 Å². The van der Waals surface area contributed by atoms with E-state index in [0.29, 0.717) is 89.1 Å². The van der Waals surface area contributed by atoms with Gasteiger partial charge in [0.1, 0.15) is 23.0 Å². The monoisotopic (exact) mass is 682 g/mol. The van der Waals surface area contributed by atoms with E-state index in [0.717, 1.165) is 21.9 Å². The smallest absolute Gasteiger partial charge is 0.254 e. The molecule has 1 aliphatic rings. The number of benzene rings is 4. The molecule has 1 aliphatic heterocycles. The number of fused-ring (bicyclic) bond motifs is 2. The van der Waals surface area contributed by atoms with Crippen molar-refractivity contribution in [2.45, 2.75) is 6.42 Å². The third-order valence-corrected chi connectivity index (χ3v) is 9.33. The molecule has 10 heteroatoms. The van der Waals surface area contributed by atoms with Crippen molar-refractivity contribution in [2.75, 3.05) is 54.6 Å². The van der Waals surface area contributed by atoms with Crippen molar-refractivity contribution in [1.29, 1.82) is 0 Å². The minimum atomic E-state index is -0.111. The number of ether oxygens (including phenoxy) is 4. The number of carbonyl (C=O) groups is 2. The number of rotatable bonds is 8. The Morgan fingerprint density at radius 1 is 0.529 bits per heavy atom. The fourth-order valence-corrected chi connectivity index (χ4v) is 6.67. The first kappa shape index (κ1) is 33.3. The van der Waals surface area contributed by atoms with Crippen molar-refractivity contribution < 1.29 is 28.5 Å². The van der Waals surface area contributed by atoms with Gasteiger partial charge >= 0.3 is 0 Å². The predicted octanol–water partition coefficient (Wildman–Crippen LogP) is 7.14. The molecule has 0 spiro atoms. The number of hydrogen-bond acceptors (Lipinski definition) is 8. The average molecular weight is 683 g/mol. The summed E-state index contributed by atoms with van der Waals surface area (Å²) in [5.41, 5.74) is 5.25. The summed E-state index contributed by atoms with van der Waals surface area (Å²) in [6.45, 7) is 1.77. The second kappa shape index (κ2) is 14.4. The maximum absolute atomic E-state index is 14.3. The Morgan fingerprint density at radius 2 is 0.961 bits per heavy atom. The van der Waals surface area contributed by atoms with Crippen LogP contribution in [0.1, 0.15) is 27.1 Å². The molecule has 2 amide bonds. The van der Waals surface area contributed by atoms with E-state index < -0.39 is 0 Å². The van der Waals surface area contributed by atoms with Gasteiger partial charge in [-0.05, 0) is 55.0 Å². The molecule has 0 atom stereocenters. The number of hydrogen-bond donors (Lipinski definition) is 0. The van der Waals surface area contributed by atoms with Crippen molar-refractivity contribution in [3.63, 3.8) is 0 Å². The number of methoxy groups -OCH3 is 4. The highest BCUT2D eigenvalue weighted by atomic mass is 16.5. The van der Waals surface area contributed by atoms with E-state index in [-0.39, 0.29) is 11.8 Å². The molecule has 0 radical (unpaired) electrons. The third-order valence-electron chi connectivity index (χ3n) is 9.33. The van der Waals surface area contributed by atoms with Gasteiger partial charge in [-0.25, -0.2) is 9.97 Å². The summed E-state index contributed by atoms with van der Waals surface area (Å²) in [6.07, 6.45) is 0.627. The Morgan fingerprint density at radius 3 is 1.37 bits per heavy atom. The molecule has 10 nitrogen and oxygen atoms in total. The number of aromatic nitrogens is 2.